The van der Waals surface area contributed by atoms with Crippen molar-refractivity contribution in [2.24, 2.45) is 0 Å². The largest absolute Gasteiger partial charge is 0.486 e. The molecule has 0 unspecified atom stereocenters. The Kier molecular flexibility index (Phi) is 6.54. The molecule has 140 valence electrons. The molecule has 3 aromatic rings. The highest BCUT2D eigenvalue weighted by Gasteiger charge is 2.20. The van der Waals surface area contributed by atoms with E-state index in [0.717, 1.165) is 22.9 Å². The second kappa shape index (κ2) is 9.28. The Bertz CT molecular complexity index is 866. The van der Waals surface area contributed by atoms with Crippen molar-refractivity contribution in [2.75, 3.05) is 13.1 Å². The Balaban J connectivity index is 1.63. The molecular weight excluding hydrogens is 358 g/mol. The lowest BCUT2D eigenvalue weighted by molar-refractivity contribution is 0.0770. The van der Waals surface area contributed by atoms with Crippen LogP contribution in [0.4, 0.5) is 0 Å². The highest BCUT2D eigenvalue weighted by molar-refractivity contribution is 7.13. The highest BCUT2D eigenvalue weighted by atomic mass is 32.1. The van der Waals surface area contributed by atoms with Gasteiger partial charge in [0.1, 0.15) is 22.2 Å². The van der Waals surface area contributed by atoms with Crippen LogP contribution in [-0.2, 0) is 13.0 Å². The van der Waals surface area contributed by atoms with Crippen molar-refractivity contribution in [1.82, 2.24) is 14.9 Å². The number of amides is 1. The third-order valence-electron chi connectivity index (χ3n) is 4.23. The molecular formula is C21H23N3O2S. The molecule has 0 N–H and O–H groups in total. The van der Waals surface area contributed by atoms with Crippen LogP contribution in [-0.4, -0.2) is 33.9 Å². The van der Waals surface area contributed by atoms with Crippen LogP contribution in [0, 0.1) is 6.92 Å². The first kappa shape index (κ1) is 19.0. The Labute approximate surface area is 163 Å². The number of aromatic nitrogens is 2. The zero-order chi connectivity index (χ0) is 19.1. The molecule has 0 saturated carbocycles. The van der Waals surface area contributed by atoms with E-state index in [1.54, 1.807) is 12.4 Å². The third kappa shape index (κ3) is 5.14. The standard InChI is InChI=1S/C21H23N3O2S/c1-3-24(14-11-17-9-12-22-13-10-17)21(25)20-16(2)23-19(27-20)15-26-18-7-5-4-6-8-18/h4-10,12-13H,3,11,14-15H2,1-2H3. The third-order valence-corrected chi connectivity index (χ3v) is 5.35. The zero-order valence-electron chi connectivity index (χ0n) is 15.6. The Hall–Kier alpha value is -2.73. The minimum atomic E-state index is 0.0347. The van der Waals surface area contributed by atoms with Crippen molar-refractivity contribution >= 4 is 17.2 Å². The summed E-state index contributed by atoms with van der Waals surface area (Å²) in [5.74, 6) is 0.832. The van der Waals surface area contributed by atoms with Gasteiger partial charge in [0.25, 0.3) is 5.91 Å². The van der Waals surface area contributed by atoms with Gasteiger partial charge >= 0.3 is 0 Å². The lowest BCUT2D eigenvalue weighted by Crippen LogP contribution is -2.32. The van der Waals surface area contributed by atoms with Crippen LogP contribution < -0.4 is 4.74 Å². The summed E-state index contributed by atoms with van der Waals surface area (Å²) in [5.41, 5.74) is 1.94. The summed E-state index contributed by atoms with van der Waals surface area (Å²) >= 11 is 1.41. The average molecular weight is 382 g/mol. The van der Waals surface area contributed by atoms with E-state index < -0.39 is 0 Å². The Morgan fingerprint density at radius 2 is 1.89 bits per heavy atom. The fourth-order valence-electron chi connectivity index (χ4n) is 2.73. The molecule has 0 atom stereocenters. The molecule has 0 aliphatic rings. The molecule has 0 radical (unpaired) electrons. The summed E-state index contributed by atoms with van der Waals surface area (Å²) in [5, 5.41) is 0.810. The Morgan fingerprint density at radius 3 is 2.59 bits per heavy atom. The summed E-state index contributed by atoms with van der Waals surface area (Å²) in [6.07, 6.45) is 4.36. The molecule has 27 heavy (non-hydrogen) atoms. The molecule has 1 aromatic carbocycles. The fraction of sp³-hybridized carbons (Fsp3) is 0.286. The molecule has 0 aliphatic heterocycles. The van der Waals surface area contributed by atoms with Gasteiger partial charge in [0.15, 0.2) is 0 Å². The normalized spacial score (nSPS) is 10.6. The minimum absolute atomic E-state index is 0.0347. The van der Waals surface area contributed by atoms with Crippen LogP contribution in [0.25, 0.3) is 0 Å². The van der Waals surface area contributed by atoms with Gasteiger partial charge in [0.2, 0.25) is 0 Å². The van der Waals surface area contributed by atoms with Crippen LogP contribution in [0.2, 0.25) is 0 Å². The van der Waals surface area contributed by atoms with E-state index in [4.69, 9.17) is 4.74 Å². The summed E-state index contributed by atoms with van der Waals surface area (Å²) in [4.78, 5) is 24.1. The molecule has 6 heteroatoms. The summed E-state index contributed by atoms with van der Waals surface area (Å²) in [6.45, 7) is 5.59. The number of para-hydroxylation sites is 1. The lowest BCUT2D eigenvalue weighted by Gasteiger charge is -2.20. The number of nitrogens with zero attached hydrogens (tertiary/aromatic N) is 3. The molecule has 5 nitrogen and oxygen atoms in total. The predicted octanol–water partition coefficient (Wildman–Crippen LogP) is 4.13. The predicted molar refractivity (Wildman–Crippen MR) is 107 cm³/mol. The molecule has 0 fully saturated rings. The van der Waals surface area contributed by atoms with Crippen LogP contribution in [0.5, 0.6) is 5.75 Å². The number of carbonyl (C=O) groups excluding carboxylic acids is 1. The van der Waals surface area contributed by atoms with E-state index >= 15 is 0 Å². The summed E-state index contributed by atoms with van der Waals surface area (Å²) in [6, 6.07) is 13.6. The number of hydrogen-bond donors (Lipinski definition) is 0. The van der Waals surface area contributed by atoms with Gasteiger partial charge in [-0.05, 0) is 50.1 Å². The summed E-state index contributed by atoms with van der Waals surface area (Å²) < 4.78 is 5.75. The first-order chi connectivity index (χ1) is 13.2. The van der Waals surface area contributed by atoms with Crippen LogP contribution in [0.15, 0.2) is 54.9 Å². The minimum Gasteiger partial charge on any atom is -0.486 e. The molecule has 0 saturated heterocycles. The van der Waals surface area contributed by atoms with Crippen LogP contribution in [0.1, 0.15) is 32.9 Å². The van der Waals surface area contributed by atoms with Gasteiger partial charge in [-0.3, -0.25) is 9.78 Å². The van der Waals surface area contributed by atoms with Crippen LogP contribution >= 0.6 is 11.3 Å². The van der Waals surface area contributed by atoms with Gasteiger partial charge in [-0.2, -0.15) is 0 Å². The van der Waals surface area contributed by atoms with Gasteiger partial charge in [-0.15, -0.1) is 11.3 Å². The smallest absolute Gasteiger partial charge is 0.265 e. The number of rotatable bonds is 8. The quantitative estimate of drug-likeness (QED) is 0.589. The first-order valence-electron chi connectivity index (χ1n) is 8.99. The van der Waals surface area contributed by atoms with E-state index in [1.807, 2.05) is 61.2 Å². The van der Waals surface area contributed by atoms with Crippen molar-refractivity contribution in [2.45, 2.75) is 26.9 Å². The average Bonchev–Trinajstić information content (AvgIpc) is 3.09. The molecule has 0 aliphatic carbocycles. The number of thiazole rings is 1. The SMILES string of the molecule is CCN(CCc1ccncc1)C(=O)c1sc(COc2ccccc2)nc1C. The van der Waals surface area contributed by atoms with Crippen molar-refractivity contribution in [3.05, 3.63) is 76.0 Å². The maximum absolute atomic E-state index is 12.9. The van der Waals surface area contributed by atoms with Gasteiger partial charge in [-0.25, -0.2) is 4.98 Å². The number of pyridine rings is 1. The van der Waals surface area contributed by atoms with Crippen LogP contribution in [0.3, 0.4) is 0 Å². The van der Waals surface area contributed by atoms with Crippen molar-refractivity contribution in [3.63, 3.8) is 0 Å². The molecule has 3 rings (SSSR count). The number of likely N-dealkylation sites (N-methyl/N-ethyl adjacent to an activating group) is 1. The molecule has 0 bridgehead atoms. The second-order valence-corrected chi connectivity index (χ2v) is 7.20. The highest BCUT2D eigenvalue weighted by Crippen LogP contribution is 2.22. The van der Waals surface area contributed by atoms with Gasteiger partial charge in [-0.1, -0.05) is 18.2 Å². The van der Waals surface area contributed by atoms with E-state index in [-0.39, 0.29) is 5.91 Å². The van der Waals surface area contributed by atoms with Gasteiger partial charge in [0.05, 0.1) is 5.69 Å². The van der Waals surface area contributed by atoms with Gasteiger partial charge < -0.3 is 9.64 Å². The van der Waals surface area contributed by atoms with Crippen molar-refractivity contribution in [1.29, 1.82) is 0 Å². The number of carbonyl (C=O) groups is 1. The first-order valence-corrected chi connectivity index (χ1v) is 9.81. The fourth-order valence-corrected chi connectivity index (χ4v) is 3.68. The zero-order valence-corrected chi connectivity index (χ0v) is 16.4. The van der Waals surface area contributed by atoms with E-state index in [0.29, 0.717) is 24.6 Å². The number of benzene rings is 1. The van der Waals surface area contributed by atoms with E-state index in [9.17, 15) is 4.79 Å². The number of hydrogen-bond acceptors (Lipinski definition) is 5. The lowest BCUT2D eigenvalue weighted by atomic mass is 10.2. The number of aryl methyl sites for hydroxylation is 1. The van der Waals surface area contributed by atoms with Crippen molar-refractivity contribution in [3.8, 4) is 5.75 Å². The Morgan fingerprint density at radius 1 is 1.15 bits per heavy atom. The second-order valence-electron chi connectivity index (χ2n) is 6.11. The van der Waals surface area contributed by atoms with Crippen molar-refractivity contribution < 1.29 is 9.53 Å². The molecule has 2 aromatic heterocycles. The molecule has 1 amide bonds. The number of ether oxygens (including phenoxy) is 1. The molecule has 0 spiro atoms. The summed E-state index contributed by atoms with van der Waals surface area (Å²) in [7, 11) is 0. The van der Waals surface area contributed by atoms with Gasteiger partial charge in [0, 0.05) is 25.5 Å². The monoisotopic (exact) mass is 381 g/mol. The maximum atomic E-state index is 12.9. The maximum Gasteiger partial charge on any atom is 0.265 e. The van der Waals surface area contributed by atoms with E-state index in [2.05, 4.69) is 9.97 Å². The molecule has 2 heterocycles. The topological polar surface area (TPSA) is 55.3 Å². The van der Waals surface area contributed by atoms with E-state index in [1.165, 1.54) is 16.9 Å².